The molecule has 7 heteroatoms. The predicted octanol–water partition coefficient (Wildman–Crippen LogP) is 3.09. The second kappa shape index (κ2) is 5.75. The van der Waals surface area contributed by atoms with Gasteiger partial charge in [0.1, 0.15) is 0 Å². The number of nitro groups is 1. The lowest BCUT2D eigenvalue weighted by Crippen LogP contribution is -2.40. The predicted molar refractivity (Wildman–Crippen MR) is 72.9 cm³/mol. The first-order valence-corrected chi connectivity index (χ1v) is 6.67. The maximum atomic E-state index is 12.3. The number of benzene rings is 1. The molecular formula is C12H12Cl2N2O3. The lowest BCUT2D eigenvalue weighted by Gasteiger charge is -2.29. The van der Waals surface area contributed by atoms with Gasteiger partial charge in [-0.05, 0) is 18.9 Å². The van der Waals surface area contributed by atoms with Gasteiger partial charge in [-0.15, -0.1) is 11.6 Å². The van der Waals surface area contributed by atoms with E-state index in [4.69, 9.17) is 23.2 Å². The van der Waals surface area contributed by atoms with Gasteiger partial charge in [-0.1, -0.05) is 11.6 Å². The number of nitro benzene ring substituents is 1. The molecular weight excluding hydrogens is 291 g/mol. The van der Waals surface area contributed by atoms with E-state index in [-0.39, 0.29) is 27.6 Å². The molecule has 19 heavy (non-hydrogen) atoms. The van der Waals surface area contributed by atoms with Gasteiger partial charge in [0.25, 0.3) is 11.6 Å². The Morgan fingerprint density at radius 1 is 1.42 bits per heavy atom. The van der Waals surface area contributed by atoms with Crippen LogP contribution < -0.4 is 0 Å². The van der Waals surface area contributed by atoms with Gasteiger partial charge in [0.2, 0.25) is 0 Å². The van der Waals surface area contributed by atoms with E-state index < -0.39 is 4.92 Å². The molecule has 1 aromatic rings. The zero-order valence-electron chi connectivity index (χ0n) is 10.0. The highest BCUT2D eigenvalue weighted by atomic mass is 35.5. The summed E-state index contributed by atoms with van der Waals surface area (Å²) in [6, 6.07) is 3.90. The normalized spacial score (nSPS) is 19.3. The molecule has 0 radical (unpaired) electrons. The number of amides is 1. The SMILES string of the molecule is O=C(c1cc(Cl)cc([N+](=O)[O-])c1)N1CCCC(Cl)C1. The van der Waals surface area contributed by atoms with E-state index >= 15 is 0 Å². The molecule has 5 nitrogen and oxygen atoms in total. The quantitative estimate of drug-likeness (QED) is 0.479. The number of rotatable bonds is 2. The van der Waals surface area contributed by atoms with Crippen LogP contribution in [0.5, 0.6) is 0 Å². The van der Waals surface area contributed by atoms with Crippen LogP contribution in [0.2, 0.25) is 5.02 Å². The van der Waals surface area contributed by atoms with E-state index in [1.54, 1.807) is 4.90 Å². The highest BCUT2D eigenvalue weighted by molar-refractivity contribution is 6.31. The molecule has 0 saturated carbocycles. The zero-order valence-corrected chi connectivity index (χ0v) is 11.5. The summed E-state index contributed by atoms with van der Waals surface area (Å²) in [5.74, 6) is -0.268. The van der Waals surface area contributed by atoms with Crippen molar-refractivity contribution in [1.29, 1.82) is 0 Å². The van der Waals surface area contributed by atoms with E-state index in [9.17, 15) is 14.9 Å². The van der Waals surface area contributed by atoms with Gasteiger partial charge in [0.15, 0.2) is 0 Å². The average molecular weight is 303 g/mol. The Morgan fingerprint density at radius 3 is 2.79 bits per heavy atom. The Labute approximate surface area is 120 Å². The fourth-order valence-corrected chi connectivity index (χ4v) is 2.65. The summed E-state index contributed by atoms with van der Waals surface area (Å²) in [5.41, 5.74) is 0.0419. The van der Waals surface area contributed by atoms with E-state index in [0.29, 0.717) is 13.1 Å². The van der Waals surface area contributed by atoms with Gasteiger partial charge in [0.05, 0.1) is 10.3 Å². The minimum atomic E-state index is -0.566. The topological polar surface area (TPSA) is 63.4 Å². The number of nitrogens with zero attached hydrogens (tertiary/aromatic N) is 2. The fraction of sp³-hybridized carbons (Fsp3) is 0.417. The fourth-order valence-electron chi connectivity index (χ4n) is 2.10. The molecule has 0 aromatic heterocycles. The van der Waals surface area contributed by atoms with Gasteiger partial charge in [-0.25, -0.2) is 0 Å². The lowest BCUT2D eigenvalue weighted by molar-refractivity contribution is -0.384. The Hall–Kier alpha value is -1.33. The van der Waals surface area contributed by atoms with Gasteiger partial charge >= 0.3 is 0 Å². The summed E-state index contributed by atoms with van der Waals surface area (Å²) in [5, 5.41) is 10.9. The second-order valence-corrected chi connectivity index (χ2v) is 5.50. The summed E-state index contributed by atoms with van der Waals surface area (Å²) < 4.78 is 0. The van der Waals surface area contributed by atoms with E-state index in [0.717, 1.165) is 12.8 Å². The van der Waals surface area contributed by atoms with Crippen molar-refractivity contribution >= 4 is 34.8 Å². The van der Waals surface area contributed by atoms with Crippen molar-refractivity contribution in [3.63, 3.8) is 0 Å². The average Bonchev–Trinajstić information content (AvgIpc) is 2.37. The number of likely N-dealkylation sites (tertiary alicyclic amines) is 1. The molecule has 1 atom stereocenters. The first kappa shape index (κ1) is 14.1. The van der Waals surface area contributed by atoms with Crippen LogP contribution in [0.4, 0.5) is 5.69 Å². The summed E-state index contributed by atoms with van der Waals surface area (Å²) >= 11 is 11.8. The van der Waals surface area contributed by atoms with Crippen LogP contribution in [-0.2, 0) is 0 Å². The minimum Gasteiger partial charge on any atom is -0.337 e. The van der Waals surface area contributed by atoms with Gasteiger partial charge < -0.3 is 4.90 Å². The summed E-state index contributed by atoms with van der Waals surface area (Å²) in [4.78, 5) is 24.1. The number of piperidine rings is 1. The third kappa shape index (κ3) is 3.36. The standard InChI is InChI=1S/C12H12Cl2N2O3/c13-9-2-1-3-15(7-9)12(17)8-4-10(14)6-11(5-8)16(18)19/h4-6,9H,1-3,7H2. The van der Waals surface area contributed by atoms with Gasteiger partial charge in [0, 0.05) is 35.8 Å². The largest absolute Gasteiger partial charge is 0.337 e. The Kier molecular flexibility index (Phi) is 4.27. The molecule has 2 rings (SSSR count). The molecule has 1 aromatic carbocycles. The van der Waals surface area contributed by atoms with Crippen LogP contribution in [0.3, 0.4) is 0 Å². The summed E-state index contributed by atoms with van der Waals surface area (Å²) in [6.07, 6.45) is 1.71. The number of halogens is 2. The van der Waals surface area contributed by atoms with Crippen LogP contribution in [0.25, 0.3) is 0 Å². The molecule has 0 bridgehead atoms. The first-order chi connectivity index (χ1) is 8.97. The third-order valence-corrected chi connectivity index (χ3v) is 3.57. The van der Waals surface area contributed by atoms with Crippen LogP contribution >= 0.6 is 23.2 Å². The van der Waals surface area contributed by atoms with Crippen molar-refractivity contribution in [3.8, 4) is 0 Å². The third-order valence-electron chi connectivity index (χ3n) is 2.99. The second-order valence-electron chi connectivity index (χ2n) is 4.45. The molecule has 1 aliphatic heterocycles. The van der Waals surface area contributed by atoms with Crippen molar-refractivity contribution in [3.05, 3.63) is 38.9 Å². The van der Waals surface area contributed by atoms with Crippen LogP contribution in [-0.4, -0.2) is 34.2 Å². The molecule has 1 aliphatic rings. The Morgan fingerprint density at radius 2 is 2.16 bits per heavy atom. The minimum absolute atomic E-state index is 0.0631. The molecule has 1 fully saturated rings. The molecule has 1 unspecified atom stereocenters. The number of non-ortho nitro benzene ring substituents is 1. The molecule has 0 N–H and O–H groups in total. The van der Waals surface area contributed by atoms with Crippen LogP contribution in [0, 0.1) is 10.1 Å². The number of alkyl halides is 1. The van der Waals surface area contributed by atoms with Crippen molar-refractivity contribution in [2.75, 3.05) is 13.1 Å². The highest BCUT2D eigenvalue weighted by Crippen LogP contribution is 2.23. The molecule has 1 amide bonds. The number of hydrogen-bond donors (Lipinski definition) is 0. The summed E-state index contributed by atoms with van der Waals surface area (Å²) in [6.45, 7) is 1.07. The number of carbonyl (C=O) groups is 1. The molecule has 0 aliphatic carbocycles. The van der Waals surface area contributed by atoms with Crippen molar-refractivity contribution in [2.24, 2.45) is 0 Å². The Bertz CT molecular complexity index is 522. The van der Waals surface area contributed by atoms with E-state index in [1.165, 1.54) is 18.2 Å². The summed E-state index contributed by atoms with van der Waals surface area (Å²) in [7, 11) is 0. The maximum Gasteiger partial charge on any atom is 0.271 e. The molecule has 1 heterocycles. The Balaban J connectivity index is 2.25. The molecule has 102 valence electrons. The van der Waals surface area contributed by atoms with Crippen molar-refractivity contribution in [2.45, 2.75) is 18.2 Å². The molecule has 1 saturated heterocycles. The monoisotopic (exact) mass is 302 g/mol. The van der Waals surface area contributed by atoms with E-state index in [2.05, 4.69) is 0 Å². The van der Waals surface area contributed by atoms with Gasteiger partial charge in [-0.3, -0.25) is 14.9 Å². The van der Waals surface area contributed by atoms with Crippen LogP contribution in [0.15, 0.2) is 18.2 Å². The molecule has 0 spiro atoms. The van der Waals surface area contributed by atoms with Crippen molar-refractivity contribution < 1.29 is 9.72 Å². The highest BCUT2D eigenvalue weighted by Gasteiger charge is 2.24. The van der Waals surface area contributed by atoms with E-state index in [1.807, 2.05) is 0 Å². The first-order valence-electron chi connectivity index (χ1n) is 5.85. The van der Waals surface area contributed by atoms with Crippen LogP contribution in [0.1, 0.15) is 23.2 Å². The number of carbonyl (C=O) groups excluding carboxylic acids is 1. The maximum absolute atomic E-state index is 12.3. The zero-order chi connectivity index (χ0) is 14.0. The smallest absolute Gasteiger partial charge is 0.271 e. The van der Waals surface area contributed by atoms with Crippen molar-refractivity contribution in [1.82, 2.24) is 4.90 Å². The lowest BCUT2D eigenvalue weighted by atomic mass is 10.1. The van der Waals surface area contributed by atoms with Gasteiger partial charge in [-0.2, -0.15) is 0 Å². The number of hydrogen-bond acceptors (Lipinski definition) is 3.